The van der Waals surface area contributed by atoms with Crippen LogP contribution in [0.4, 0.5) is 5.69 Å². The lowest BCUT2D eigenvalue weighted by atomic mass is 10.1. The Bertz CT molecular complexity index is 1230. The molecule has 8 heteroatoms. The molecule has 1 N–H and O–H groups in total. The Kier molecular flexibility index (Phi) is 8.28. The summed E-state index contributed by atoms with van der Waals surface area (Å²) in [6, 6.07) is 16.4. The number of nitrogens with one attached hydrogen (secondary N) is 1. The molecular weight excluding hydrogens is 458 g/mol. The Morgan fingerprint density at radius 1 is 1.14 bits per heavy atom. The first kappa shape index (κ1) is 24.9. The predicted octanol–water partition coefficient (Wildman–Crippen LogP) is 3.73. The van der Waals surface area contributed by atoms with Crippen LogP contribution in [-0.2, 0) is 22.6 Å². The molecule has 186 valence electrons. The molecule has 0 unspecified atom stereocenters. The number of ether oxygens (including phenoxy) is 2. The normalized spacial score (nSPS) is 12.5. The molecule has 36 heavy (non-hydrogen) atoms. The minimum absolute atomic E-state index is 0.0790. The smallest absolute Gasteiger partial charge is 0.265 e. The number of aromatic nitrogens is 1. The summed E-state index contributed by atoms with van der Waals surface area (Å²) in [5, 5.41) is 2.86. The Morgan fingerprint density at radius 3 is 2.81 bits per heavy atom. The zero-order valence-corrected chi connectivity index (χ0v) is 20.2. The number of aryl methyl sites for hydroxylation is 1. The van der Waals surface area contributed by atoms with E-state index in [-0.39, 0.29) is 37.2 Å². The number of benzene rings is 2. The maximum absolute atomic E-state index is 12.9. The van der Waals surface area contributed by atoms with Gasteiger partial charge in [-0.05, 0) is 54.3 Å². The number of hydrogen-bond donors (Lipinski definition) is 1. The molecule has 0 spiro atoms. The summed E-state index contributed by atoms with van der Waals surface area (Å²) in [6.07, 6.45) is 4.93. The van der Waals surface area contributed by atoms with E-state index in [1.165, 1.54) is 0 Å². The molecule has 3 aromatic rings. The van der Waals surface area contributed by atoms with Gasteiger partial charge in [0.1, 0.15) is 11.5 Å². The molecule has 0 bridgehead atoms. The molecule has 1 aliphatic rings. The monoisotopic (exact) mass is 487 g/mol. The lowest BCUT2D eigenvalue weighted by molar-refractivity contribution is -0.123. The van der Waals surface area contributed by atoms with Crippen LogP contribution < -0.4 is 19.7 Å². The van der Waals surface area contributed by atoms with Crippen molar-refractivity contribution in [3.63, 3.8) is 0 Å². The van der Waals surface area contributed by atoms with Gasteiger partial charge < -0.3 is 19.7 Å². The Morgan fingerprint density at radius 2 is 2.00 bits per heavy atom. The van der Waals surface area contributed by atoms with E-state index in [1.54, 1.807) is 35.5 Å². The first-order valence-corrected chi connectivity index (χ1v) is 12.0. The fraction of sp³-hybridized carbons (Fsp3) is 0.286. The van der Waals surface area contributed by atoms with Crippen molar-refractivity contribution in [2.24, 2.45) is 0 Å². The van der Waals surface area contributed by atoms with Crippen molar-refractivity contribution in [1.82, 2.24) is 10.3 Å². The summed E-state index contributed by atoms with van der Waals surface area (Å²) in [7, 11) is 0. The van der Waals surface area contributed by atoms with E-state index in [0.29, 0.717) is 42.3 Å². The van der Waals surface area contributed by atoms with Gasteiger partial charge in [-0.3, -0.25) is 19.4 Å². The van der Waals surface area contributed by atoms with Gasteiger partial charge in [-0.1, -0.05) is 31.2 Å². The van der Waals surface area contributed by atoms with Gasteiger partial charge in [0.2, 0.25) is 5.91 Å². The van der Waals surface area contributed by atoms with E-state index in [0.717, 1.165) is 17.5 Å². The molecule has 0 saturated carbocycles. The molecule has 1 aliphatic heterocycles. The standard InChI is InChI=1S/C28H29N3O5/c1-2-21-8-3-4-9-25(21)35-18-24(32)22-11-12-26-23(15-22)31(28(34)19-36-26)14-6-10-27(33)30-17-20-7-5-13-29-16-20/h3-5,7-9,11-13,15-16H,2,6,10,14,17-19H2,1H3,(H,30,33). The van der Waals surface area contributed by atoms with E-state index in [2.05, 4.69) is 10.3 Å². The van der Waals surface area contributed by atoms with Crippen LogP contribution >= 0.6 is 0 Å². The van der Waals surface area contributed by atoms with Gasteiger partial charge in [-0.2, -0.15) is 0 Å². The van der Waals surface area contributed by atoms with Crippen LogP contribution in [0.3, 0.4) is 0 Å². The number of fused-ring (bicyclic) bond motifs is 1. The highest BCUT2D eigenvalue weighted by atomic mass is 16.5. The first-order chi connectivity index (χ1) is 17.5. The van der Waals surface area contributed by atoms with Crippen molar-refractivity contribution in [1.29, 1.82) is 0 Å². The summed E-state index contributed by atoms with van der Waals surface area (Å²) in [5.74, 6) is 0.707. The maximum Gasteiger partial charge on any atom is 0.265 e. The van der Waals surface area contributed by atoms with Gasteiger partial charge in [0.05, 0.1) is 5.69 Å². The molecule has 2 amide bonds. The Hall–Kier alpha value is -4.20. The van der Waals surface area contributed by atoms with Crippen LogP contribution in [0, 0.1) is 0 Å². The number of carbonyl (C=O) groups excluding carboxylic acids is 3. The van der Waals surface area contributed by atoms with Crippen LogP contribution in [0.2, 0.25) is 0 Å². The van der Waals surface area contributed by atoms with E-state index >= 15 is 0 Å². The molecule has 1 aromatic heterocycles. The second-order valence-corrected chi connectivity index (χ2v) is 8.43. The second kappa shape index (κ2) is 12.0. The molecule has 8 nitrogen and oxygen atoms in total. The van der Waals surface area contributed by atoms with Crippen molar-refractivity contribution in [2.75, 3.05) is 24.7 Å². The lowest BCUT2D eigenvalue weighted by Crippen LogP contribution is -2.40. The van der Waals surface area contributed by atoms with E-state index in [4.69, 9.17) is 9.47 Å². The molecule has 0 atom stereocenters. The van der Waals surface area contributed by atoms with Gasteiger partial charge >= 0.3 is 0 Å². The highest BCUT2D eigenvalue weighted by molar-refractivity contribution is 6.02. The van der Waals surface area contributed by atoms with Crippen molar-refractivity contribution in [2.45, 2.75) is 32.7 Å². The number of para-hydroxylation sites is 1. The van der Waals surface area contributed by atoms with Gasteiger partial charge in [-0.25, -0.2) is 0 Å². The number of rotatable bonds is 11. The van der Waals surface area contributed by atoms with E-state index < -0.39 is 0 Å². The SMILES string of the molecule is CCc1ccccc1OCC(=O)c1ccc2c(c1)N(CCCC(=O)NCc1cccnc1)C(=O)CO2. The molecular formula is C28H29N3O5. The molecule has 0 aliphatic carbocycles. The third-order valence-corrected chi connectivity index (χ3v) is 5.93. The van der Waals surface area contributed by atoms with Gasteiger partial charge in [0.15, 0.2) is 19.0 Å². The number of nitrogens with zero attached hydrogens (tertiary/aromatic N) is 2. The quantitative estimate of drug-likeness (QED) is 0.414. The zero-order valence-electron chi connectivity index (χ0n) is 20.2. The Labute approximate surface area is 210 Å². The molecule has 2 heterocycles. The fourth-order valence-corrected chi connectivity index (χ4v) is 3.97. The van der Waals surface area contributed by atoms with Gasteiger partial charge in [-0.15, -0.1) is 0 Å². The van der Waals surface area contributed by atoms with Gasteiger partial charge in [0.25, 0.3) is 5.91 Å². The van der Waals surface area contributed by atoms with Crippen LogP contribution in [0.25, 0.3) is 0 Å². The number of pyridine rings is 1. The van der Waals surface area contributed by atoms with Crippen LogP contribution in [0.1, 0.15) is 41.3 Å². The van der Waals surface area contributed by atoms with Crippen molar-refractivity contribution >= 4 is 23.3 Å². The van der Waals surface area contributed by atoms with E-state index in [9.17, 15) is 14.4 Å². The largest absolute Gasteiger partial charge is 0.485 e. The summed E-state index contributed by atoms with van der Waals surface area (Å²) < 4.78 is 11.3. The van der Waals surface area contributed by atoms with Gasteiger partial charge in [0, 0.05) is 37.5 Å². The summed E-state index contributed by atoms with van der Waals surface area (Å²) in [5.41, 5.74) is 2.91. The lowest BCUT2D eigenvalue weighted by Gasteiger charge is -2.29. The van der Waals surface area contributed by atoms with Crippen molar-refractivity contribution in [3.05, 3.63) is 83.7 Å². The number of ketones is 1. The number of carbonyl (C=O) groups is 3. The minimum atomic E-state index is -0.212. The maximum atomic E-state index is 12.9. The molecule has 4 rings (SSSR count). The highest BCUT2D eigenvalue weighted by Gasteiger charge is 2.26. The number of Topliss-reactive ketones (excluding diaryl/α,β-unsaturated/α-hetero) is 1. The topological polar surface area (TPSA) is 97.8 Å². The van der Waals surface area contributed by atoms with Crippen LogP contribution in [0.15, 0.2) is 67.0 Å². The number of anilines is 1. The summed E-state index contributed by atoms with van der Waals surface area (Å²) >= 11 is 0. The first-order valence-electron chi connectivity index (χ1n) is 12.0. The van der Waals surface area contributed by atoms with Crippen molar-refractivity contribution in [3.8, 4) is 11.5 Å². The molecule has 0 saturated heterocycles. The fourth-order valence-electron chi connectivity index (χ4n) is 3.97. The minimum Gasteiger partial charge on any atom is -0.485 e. The van der Waals surface area contributed by atoms with Crippen LogP contribution in [-0.4, -0.2) is 42.3 Å². The van der Waals surface area contributed by atoms with Crippen molar-refractivity contribution < 1.29 is 23.9 Å². The Balaban J connectivity index is 1.35. The molecule has 0 radical (unpaired) electrons. The van der Waals surface area contributed by atoms with Crippen LogP contribution in [0.5, 0.6) is 11.5 Å². The third kappa shape index (κ3) is 6.27. The second-order valence-electron chi connectivity index (χ2n) is 8.43. The molecule has 2 aromatic carbocycles. The molecule has 0 fully saturated rings. The average molecular weight is 488 g/mol. The van der Waals surface area contributed by atoms with E-state index in [1.807, 2.05) is 43.3 Å². The number of hydrogen-bond acceptors (Lipinski definition) is 6. The summed E-state index contributed by atoms with van der Waals surface area (Å²) in [4.78, 5) is 43.3. The zero-order chi connectivity index (χ0) is 25.3. The average Bonchev–Trinajstić information content (AvgIpc) is 2.92. The number of amides is 2. The predicted molar refractivity (Wildman–Crippen MR) is 135 cm³/mol. The third-order valence-electron chi connectivity index (χ3n) is 5.93. The summed E-state index contributed by atoms with van der Waals surface area (Å²) in [6.45, 7) is 2.59. The highest BCUT2D eigenvalue weighted by Crippen LogP contribution is 2.33.